The van der Waals surface area contributed by atoms with Crippen molar-refractivity contribution in [3.05, 3.63) is 0 Å². The fraction of sp³-hybridized carbons (Fsp3) is 0.773. The fourth-order valence-corrected chi connectivity index (χ4v) is 3.26. The summed E-state index contributed by atoms with van der Waals surface area (Å²) in [5, 5.41) is 11.1. The molecule has 0 aromatic rings. The Kier molecular flexibility index (Phi) is 15.3. The number of ether oxygens (including phenoxy) is 8. The van der Waals surface area contributed by atoms with Crippen LogP contribution in [0.2, 0.25) is 0 Å². The van der Waals surface area contributed by atoms with Gasteiger partial charge in [0.05, 0.1) is 39.6 Å². The van der Waals surface area contributed by atoms with Crippen LogP contribution in [0.4, 0.5) is 0 Å². The van der Waals surface area contributed by atoms with Crippen molar-refractivity contribution in [2.24, 2.45) is 0 Å². The van der Waals surface area contributed by atoms with Crippen LogP contribution in [-0.4, -0.2) is 118 Å². The number of nitrogens with one attached hydrogen (secondary N) is 1. The molecule has 0 aliphatic carbocycles. The van der Waals surface area contributed by atoms with Crippen LogP contribution in [-0.2, 0) is 61.9 Å². The number of hydrogen-bond donors (Lipinski definition) is 2. The zero-order valence-corrected chi connectivity index (χ0v) is 21.3. The molecular weight excluding hydrogens is 502 g/mol. The molecule has 2 N–H and O–H groups in total. The number of carboxylic acid groups (broad SMARTS) is 1. The lowest BCUT2D eigenvalue weighted by Gasteiger charge is -2.44. The Labute approximate surface area is 213 Å². The van der Waals surface area contributed by atoms with Crippen LogP contribution < -0.4 is 5.32 Å². The summed E-state index contributed by atoms with van der Waals surface area (Å²) in [6, 6.07) is -1.06. The van der Waals surface area contributed by atoms with Gasteiger partial charge in [-0.15, -0.1) is 0 Å². The fourth-order valence-electron chi connectivity index (χ4n) is 3.26. The van der Waals surface area contributed by atoms with Gasteiger partial charge in [0.15, 0.2) is 18.5 Å². The lowest BCUT2D eigenvalue weighted by Crippen LogP contribution is -2.66. The monoisotopic (exact) mass is 537 g/mol. The summed E-state index contributed by atoms with van der Waals surface area (Å²) in [4.78, 5) is 57.1. The summed E-state index contributed by atoms with van der Waals surface area (Å²) >= 11 is 0. The average molecular weight is 538 g/mol. The normalized spacial score (nSPS) is 23.1. The first-order valence-corrected chi connectivity index (χ1v) is 11.5. The lowest BCUT2D eigenvalue weighted by atomic mass is 9.96. The molecule has 1 rings (SSSR count). The number of hydrogen-bond acceptors (Lipinski definition) is 13. The Morgan fingerprint density at radius 3 is 1.81 bits per heavy atom. The van der Waals surface area contributed by atoms with Crippen molar-refractivity contribution in [1.29, 1.82) is 0 Å². The van der Waals surface area contributed by atoms with Crippen LogP contribution in [0.3, 0.4) is 0 Å². The van der Waals surface area contributed by atoms with Crippen LogP contribution in [0.15, 0.2) is 0 Å². The number of esters is 3. The minimum absolute atomic E-state index is 0.00617. The van der Waals surface area contributed by atoms with Gasteiger partial charge in [-0.3, -0.25) is 19.2 Å². The lowest BCUT2D eigenvalue weighted by molar-refractivity contribution is -0.279. The highest BCUT2D eigenvalue weighted by Gasteiger charge is 2.51. The maximum atomic E-state index is 11.9. The van der Waals surface area contributed by atoms with E-state index in [0.29, 0.717) is 0 Å². The molecule has 0 spiro atoms. The van der Waals surface area contributed by atoms with Crippen LogP contribution in [0.5, 0.6) is 0 Å². The van der Waals surface area contributed by atoms with E-state index < -0.39 is 67.0 Å². The van der Waals surface area contributed by atoms with E-state index in [-0.39, 0.29) is 46.2 Å². The van der Waals surface area contributed by atoms with Gasteiger partial charge >= 0.3 is 23.9 Å². The Morgan fingerprint density at radius 1 is 0.757 bits per heavy atom. The summed E-state index contributed by atoms with van der Waals surface area (Å²) in [6.45, 7) is 4.86. The molecule has 1 aliphatic heterocycles. The first kappa shape index (κ1) is 32.2. The number of carbonyl (C=O) groups excluding carboxylic acids is 4. The van der Waals surface area contributed by atoms with Gasteiger partial charge in [-0.05, 0) is 0 Å². The first-order chi connectivity index (χ1) is 17.5. The average Bonchev–Trinajstić information content (AvgIpc) is 2.78. The van der Waals surface area contributed by atoms with Crippen molar-refractivity contribution in [3.8, 4) is 0 Å². The second kappa shape index (κ2) is 17.6. The second-order valence-corrected chi connectivity index (χ2v) is 7.76. The molecule has 212 valence electrons. The number of rotatable bonds is 17. The summed E-state index contributed by atoms with van der Waals surface area (Å²) in [7, 11) is 0. The Hall–Kier alpha value is -2.85. The van der Waals surface area contributed by atoms with Crippen molar-refractivity contribution in [1.82, 2.24) is 5.32 Å². The van der Waals surface area contributed by atoms with Crippen LogP contribution in [0.1, 0.15) is 27.7 Å². The molecule has 1 aliphatic rings. The minimum atomic E-state index is -1.21. The summed E-state index contributed by atoms with van der Waals surface area (Å²) in [5.74, 6) is -3.57. The van der Waals surface area contributed by atoms with Crippen LogP contribution in [0, 0.1) is 0 Å². The third kappa shape index (κ3) is 13.9. The first-order valence-electron chi connectivity index (χ1n) is 11.5. The largest absolute Gasteiger partial charge is 0.480 e. The molecule has 1 heterocycles. The Morgan fingerprint density at radius 2 is 1.30 bits per heavy atom. The summed E-state index contributed by atoms with van der Waals surface area (Å²) in [5.41, 5.74) is 0. The number of amides is 1. The van der Waals surface area contributed by atoms with E-state index in [4.69, 9.17) is 43.0 Å². The van der Waals surface area contributed by atoms with Gasteiger partial charge in [0.2, 0.25) is 5.91 Å². The Bertz CT molecular complexity index is 760. The van der Waals surface area contributed by atoms with Gasteiger partial charge in [-0.25, -0.2) is 4.79 Å². The SMILES string of the molecule is CC(=O)NC1C(OCCOCCOCCOCC(=O)O)OC(COC(C)=O)C(OC(C)=O)C1OC(C)=O. The van der Waals surface area contributed by atoms with E-state index in [1.165, 1.54) is 13.8 Å². The molecule has 1 saturated heterocycles. The van der Waals surface area contributed by atoms with E-state index in [9.17, 15) is 24.0 Å². The predicted molar refractivity (Wildman–Crippen MR) is 120 cm³/mol. The Balaban J connectivity index is 2.73. The molecular formula is C22H35NO14. The molecule has 0 radical (unpaired) electrons. The molecule has 0 aromatic heterocycles. The maximum Gasteiger partial charge on any atom is 0.329 e. The molecule has 1 fully saturated rings. The number of carboxylic acids is 1. The van der Waals surface area contributed by atoms with Crippen molar-refractivity contribution in [2.45, 2.75) is 58.3 Å². The van der Waals surface area contributed by atoms with E-state index in [0.717, 1.165) is 13.8 Å². The van der Waals surface area contributed by atoms with Gasteiger partial charge in [-0.2, -0.15) is 0 Å². The number of carbonyl (C=O) groups is 5. The molecule has 0 saturated carbocycles. The molecule has 0 aromatic carbocycles. The van der Waals surface area contributed by atoms with Crippen LogP contribution in [0.25, 0.3) is 0 Å². The zero-order valence-electron chi connectivity index (χ0n) is 21.3. The van der Waals surface area contributed by atoms with E-state index in [1.807, 2.05) is 0 Å². The van der Waals surface area contributed by atoms with Crippen molar-refractivity contribution in [2.75, 3.05) is 52.9 Å². The summed E-state index contributed by atoms with van der Waals surface area (Å²) < 4.78 is 42.8. The van der Waals surface area contributed by atoms with E-state index >= 15 is 0 Å². The number of aliphatic carboxylic acids is 1. The molecule has 0 bridgehead atoms. The minimum Gasteiger partial charge on any atom is -0.480 e. The second-order valence-electron chi connectivity index (χ2n) is 7.76. The van der Waals surface area contributed by atoms with Crippen LogP contribution >= 0.6 is 0 Å². The van der Waals surface area contributed by atoms with Gasteiger partial charge in [0, 0.05) is 27.7 Å². The van der Waals surface area contributed by atoms with Gasteiger partial charge in [-0.1, -0.05) is 0 Å². The highest BCUT2D eigenvalue weighted by atomic mass is 16.7. The quantitative estimate of drug-likeness (QED) is 0.128. The summed E-state index contributed by atoms with van der Waals surface area (Å²) in [6.07, 6.45) is -4.65. The highest BCUT2D eigenvalue weighted by Crippen LogP contribution is 2.28. The molecule has 1 amide bonds. The highest BCUT2D eigenvalue weighted by molar-refractivity contribution is 5.73. The maximum absolute atomic E-state index is 11.9. The van der Waals surface area contributed by atoms with Crippen molar-refractivity contribution in [3.63, 3.8) is 0 Å². The molecule has 15 heteroatoms. The third-order valence-electron chi connectivity index (χ3n) is 4.55. The molecule has 5 unspecified atom stereocenters. The smallest absolute Gasteiger partial charge is 0.329 e. The third-order valence-corrected chi connectivity index (χ3v) is 4.55. The zero-order chi connectivity index (χ0) is 27.8. The van der Waals surface area contributed by atoms with E-state index in [2.05, 4.69) is 5.32 Å². The topological polar surface area (TPSA) is 191 Å². The van der Waals surface area contributed by atoms with Gasteiger partial charge in [0.25, 0.3) is 0 Å². The predicted octanol–water partition coefficient (Wildman–Crippen LogP) is -1.21. The van der Waals surface area contributed by atoms with Crippen molar-refractivity contribution >= 4 is 29.8 Å². The standard InChI is InChI=1S/C22H35NO14/c1-13(24)23-19-21(36-16(4)27)20(35-15(3)26)17(11-34-14(2)25)37-22(19)33-10-9-31-6-5-30-7-8-32-12-18(28)29/h17,19-22H,5-12H2,1-4H3,(H,23,24)(H,28,29). The van der Waals surface area contributed by atoms with Crippen molar-refractivity contribution < 1.29 is 67.0 Å². The molecule has 5 atom stereocenters. The molecule has 37 heavy (non-hydrogen) atoms. The van der Waals surface area contributed by atoms with Gasteiger partial charge in [0.1, 0.15) is 25.4 Å². The van der Waals surface area contributed by atoms with E-state index in [1.54, 1.807) is 0 Å². The van der Waals surface area contributed by atoms with Gasteiger partial charge < -0.3 is 48.3 Å². The molecule has 15 nitrogen and oxygen atoms in total.